The van der Waals surface area contributed by atoms with E-state index in [0.29, 0.717) is 24.3 Å². The van der Waals surface area contributed by atoms with Crippen molar-refractivity contribution < 1.29 is 4.74 Å². The fourth-order valence-corrected chi connectivity index (χ4v) is 2.28. The largest absolute Gasteiger partial charge is 0.478 e. The van der Waals surface area contributed by atoms with Gasteiger partial charge in [0.05, 0.1) is 6.61 Å². The van der Waals surface area contributed by atoms with Crippen molar-refractivity contribution in [2.24, 2.45) is 0 Å². The zero-order chi connectivity index (χ0) is 15.1. The maximum atomic E-state index is 5.93. The van der Waals surface area contributed by atoms with Crippen molar-refractivity contribution in [3.05, 3.63) is 59.3 Å². The minimum absolute atomic E-state index is 0.375. The Morgan fingerprint density at radius 3 is 2.52 bits per heavy atom. The monoisotopic (exact) mass is 303 g/mol. The summed E-state index contributed by atoms with van der Waals surface area (Å²) >= 11 is 5.93. The molecule has 3 heteroatoms. The summed E-state index contributed by atoms with van der Waals surface area (Å²) in [6, 6.07) is 14.4. The van der Waals surface area contributed by atoms with Crippen molar-refractivity contribution in [1.82, 2.24) is 4.98 Å². The molecule has 0 unspecified atom stereocenters. The highest BCUT2D eigenvalue weighted by molar-refractivity contribution is 6.17. The van der Waals surface area contributed by atoms with Gasteiger partial charge in [-0.2, -0.15) is 0 Å². The summed E-state index contributed by atoms with van der Waals surface area (Å²) in [5, 5.41) is 0. The molecule has 2 nitrogen and oxygen atoms in total. The second kappa shape index (κ2) is 8.04. The molecule has 0 amide bonds. The lowest BCUT2D eigenvalue weighted by molar-refractivity contribution is 0.298. The van der Waals surface area contributed by atoms with E-state index in [-0.39, 0.29) is 0 Å². The third kappa shape index (κ3) is 5.05. The summed E-state index contributed by atoms with van der Waals surface area (Å²) in [7, 11) is 0. The van der Waals surface area contributed by atoms with Gasteiger partial charge in [-0.3, -0.25) is 0 Å². The highest BCUT2D eigenvalue weighted by atomic mass is 35.5. The van der Waals surface area contributed by atoms with E-state index in [0.717, 1.165) is 24.1 Å². The number of benzene rings is 1. The van der Waals surface area contributed by atoms with Crippen molar-refractivity contribution in [3.63, 3.8) is 0 Å². The van der Waals surface area contributed by atoms with Gasteiger partial charge in [-0.15, -0.1) is 11.6 Å². The Morgan fingerprint density at radius 1 is 1.10 bits per heavy atom. The van der Waals surface area contributed by atoms with E-state index < -0.39 is 0 Å². The van der Waals surface area contributed by atoms with E-state index >= 15 is 0 Å². The zero-order valence-electron chi connectivity index (χ0n) is 12.7. The Balaban J connectivity index is 1.89. The first-order valence-corrected chi connectivity index (χ1v) is 7.96. The maximum absolute atomic E-state index is 5.93. The first-order chi connectivity index (χ1) is 10.2. The van der Waals surface area contributed by atoms with E-state index in [4.69, 9.17) is 16.3 Å². The third-order valence-electron chi connectivity index (χ3n) is 3.33. The minimum atomic E-state index is 0.375. The lowest BCUT2D eigenvalue weighted by Crippen LogP contribution is -2.04. The van der Waals surface area contributed by atoms with E-state index in [9.17, 15) is 0 Å². The summed E-state index contributed by atoms with van der Waals surface area (Å²) in [6.07, 6.45) is 2.00. The third-order valence-corrected chi connectivity index (χ3v) is 3.64. The van der Waals surface area contributed by atoms with E-state index in [1.54, 1.807) is 0 Å². The number of nitrogens with zero attached hydrogens (tertiary/aromatic N) is 1. The van der Waals surface area contributed by atoms with Crippen molar-refractivity contribution in [3.8, 4) is 5.88 Å². The highest BCUT2D eigenvalue weighted by Crippen LogP contribution is 2.20. The van der Waals surface area contributed by atoms with Crippen LogP contribution in [0.3, 0.4) is 0 Å². The second-order valence-electron chi connectivity index (χ2n) is 5.46. The van der Waals surface area contributed by atoms with Gasteiger partial charge in [0.2, 0.25) is 5.88 Å². The first-order valence-electron chi connectivity index (χ1n) is 7.42. The van der Waals surface area contributed by atoms with Crippen LogP contribution in [0.5, 0.6) is 5.88 Å². The molecule has 1 aromatic carbocycles. The number of alkyl halides is 1. The van der Waals surface area contributed by atoms with Crippen LogP contribution in [0, 0.1) is 0 Å². The second-order valence-corrected chi connectivity index (χ2v) is 5.73. The fraction of sp³-hybridized carbons (Fsp3) is 0.389. The van der Waals surface area contributed by atoms with Crippen LogP contribution in [0.2, 0.25) is 0 Å². The molecule has 0 aliphatic rings. The van der Waals surface area contributed by atoms with E-state index in [2.05, 4.69) is 49.2 Å². The zero-order valence-corrected chi connectivity index (χ0v) is 13.4. The van der Waals surface area contributed by atoms with Crippen LogP contribution in [0.25, 0.3) is 0 Å². The summed E-state index contributed by atoms with van der Waals surface area (Å²) in [4.78, 5) is 4.54. The Bertz CT molecular complexity index is 554. The van der Waals surface area contributed by atoms with Gasteiger partial charge in [-0.25, -0.2) is 4.98 Å². The number of rotatable bonds is 7. The molecule has 112 valence electrons. The predicted molar refractivity (Wildman–Crippen MR) is 88.1 cm³/mol. The minimum Gasteiger partial charge on any atom is -0.478 e. The number of hydrogen-bond acceptors (Lipinski definition) is 2. The lowest BCUT2D eigenvalue weighted by Gasteiger charge is -2.11. The average molecular weight is 304 g/mol. The van der Waals surface area contributed by atoms with Gasteiger partial charge in [-0.05, 0) is 36.0 Å². The number of aryl methyl sites for hydroxylation is 1. The highest BCUT2D eigenvalue weighted by Gasteiger charge is 2.06. The standard InChI is InChI=1S/C18H22ClNO/c1-14(2)17-11-16(13-19)12-18(20-17)21-10-6-9-15-7-4-3-5-8-15/h3-5,7-8,11-12,14H,6,9-10,13H2,1-2H3. The SMILES string of the molecule is CC(C)c1cc(CCl)cc(OCCCc2ccccc2)n1. The molecule has 0 saturated heterocycles. The van der Waals surface area contributed by atoms with Crippen LogP contribution < -0.4 is 4.74 Å². The van der Waals surface area contributed by atoms with Crippen molar-refractivity contribution >= 4 is 11.6 Å². The quantitative estimate of drug-likeness (QED) is 0.533. The number of ether oxygens (including phenoxy) is 1. The summed E-state index contributed by atoms with van der Waals surface area (Å²) < 4.78 is 5.79. The Labute approximate surface area is 132 Å². The Hall–Kier alpha value is -1.54. The molecule has 0 N–H and O–H groups in total. The number of hydrogen-bond donors (Lipinski definition) is 0. The average Bonchev–Trinajstić information content (AvgIpc) is 2.52. The first kappa shape index (κ1) is 15.8. The predicted octanol–water partition coefficient (Wildman–Crippen LogP) is 4.96. The Morgan fingerprint density at radius 2 is 1.86 bits per heavy atom. The van der Waals surface area contributed by atoms with Crippen LogP contribution in [0.15, 0.2) is 42.5 Å². The fourth-order valence-electron chi connectivity index (χ4n) is 2.13. The van der Waals surface area contributed by atoms with Gasteiger partial charge < -0.3 is 4.74 Å². The van der Waals surface area contributed by atoms with Crippen molar-refractivity contribution in [2.75, 3.05) is 6.61 Å². The van der Waals surface area contributed by atoms with Gasteiger partial charge in [-0.1, -0.05) is 44.2 Å². The summed E-state index contributed by atoms with van der Waals surface area (Å²) in [5.41, 5.74) is 3.44. The van der Waals surface area contributed by atoms with Crippen molar-refractivity contribution in [1.29, 1.82) is 0 Å². The lowest BCUT2D eigenvalue weighted by atomic mass is 10.1. The van der Waals surface area contributed by atoms with E-state index in [1.165, 1.54) is 5.56 Å². The van der Waals surface area contributed by atoms with E-state index in [1.807, 2.05) is 12.1 Å². The molecular weight excluding hydrogens is 282 g/mol. The Kier molecular flexibility index (Phi) is 6.06. The molecule has 0 fully saturated rings. The molecule has 2 aromatic rings. The molecule has 0 aliphatic heterocycles. The maximum Gasteiger partial charge on any atom is 0.213 e. The molecule has 1 heterocycles. The van der Waals surface area contributed by atoms with Crippen LogP contribution in [-0.2, 0) is 12.3 Å². The molecule has 0 saturated carbocycles. The van der Waals surface area contributed by atoms with Crippen LogP contribution in [0.4, 0.5) is 0 Å². The number of aromatic nitrogens is 1. The molecule has 0 spiro atoms. The van der Waals surface area contributed by atoms with Crippen LogP contribution >= 0.6 is 11.6 Å². The normalized spacial score (nSPS) is 10.9. The van der Waals surface area contributed by atoms with Gasteiger partial charge >= 0.3 is 0 Å². The molecule has 2 rings (SSSR count). The molecule has 0 radical (unpaired) electrons. The number of halogens is 1. The van der Waals surface area contributed by atoms with Gasteiger partial charge in [0, 0.05) is 17.6 Å². The topological polar surface area (TPSA) is 22.1 Å². The smallest absolute Gasteiger partial charge is 0.213 e. The molecule has 21 heavy (non-hydrogen) atoms. The van der Waals surface area contributed by atoms with Crippen LogP contribution in [-0.4, -0.2) is 11.6 Å². The van der Waals surface area contributed by atoms with Gasteiger partial charge in [0.25, 0.3) is 0 Å². The van der Waals surface area contributed by atoms with Crippen LogP contribution in [0.1, 0.15) is 43.0 Å². The molecular formula is C18H22ClNO. The van der Waals surface area contributed by atoms with Gasteiger partial charge in [0.15, 0.2) is 0 Å². The summed E-state index contributed by atoms with van der Waals surface area (Å²) in [6.45, 7) is 4.92. The van der Waals surface area contributed by atoms with Gasteiger partial charge in [0.1, 0.15) is 0 Å². The number of pyridine rings is 1. The summed E-state index contributed by atoms with van der Waals surface area (Å²) in [5.74, 6) is 1.55. The molecule has 0 aliphatic carbocycles. The molecule has 0 bridgehead atoms. The molecule has 1 aromatic heterocycles. The molecule has 0 atom stereocenters. The van der Waals surface area contributed by atoms with Crippen molar-refractivity contribution in [2.45, 2.75) is 38.5 Å².